The Morgan fingerprint density at radius 2 is 1.75 bits per heavy atom. The van der Waals surface area contributed by atoms with Crippen LogP contribution in [0.15, 0.2) is 18.2 Å². The van der Waals surface area contributed by atoms with Gasteiger partial charge in [0.1, 0.15) is 11.6 Å². The van der Waals surface area contributed by atoms with Crippen molar-refractivity contribution in [2.24, 2.45) is 0 Å². The summed E-state index contributed by atoms with van der Waals surface area (Å²) in [5.74, 6) is 1.92. The van der Waals surface area contributed by atoms with Crippen LogP contribution in [-0.4, -0.2) is 58.8 Å². The van der Waals surface area contributed by atoms with Crippen molar-refractivity contribution in [3.63, 3.8) is 0 Å². The van der Waals surface area contributed by atoms with Crippen LogP contribution < -0.4 is 4.90 Å². The maximum atomic E-state index is 9.95. The van der Waals surface area contributed by atoms with Gasteiger partial charge in [0.2, 0.25) is 0 Å². The van der Waals surface area contributed by atoms with Gasteiger partial charge in [0.25, 0.3) is 0 Å². The smallest absolute Gasteiger partial charge is 0.136 e. The van der Waals surface area contributed by atoms with Crippen LogP contribution in [0.3, 0.4) is 0 Å². The number of β-amino-alcohol motifs (C(OH)–C–C–N with tert-alkyl or cyclic N) is 1. The molecule has 0 unspecified atom stereocenters. The number of aryl methyl sites for hydroxylation is 4. The summed E-state index contributed by atoms with van der Waals surface area (Å²) < 4.78 is 0. The van der Waals surface area contributed by atoms with Crippen LogP contribution in [0.5, 0.6) is 0 Å². The van der Waals surface area contributed by atoms with E-state index in [0.29, 0.717) is 0 Å². The minimum absolute atomic E-state index is 0.227. The highest BCUT2D eigenvalue weighted by molar-refractivity contribution is 5.52. The zero-order valence-corrected chi connectivity index (χ0v) is 18.0. The molecule has 1 aromatic heterocycles. The fourth-order valence-electron chi connectivity index (χ4n) is 3.94. The van der Waals surface area contributed by atoms with Crippen molar-refractivity contribution in [2.45, 2.75) is 53.6 Å². The van der Waals surface area contributed by atoms with Gasteiger partial charge in [-0.2, -0.15) is 0 Å². The molecular weight excluding hydrogens is 348 g/mol. The van der Waals surface area contributed by atoms with Gasteiger partial charge in [-0.1, -0.05) is 30.7 Å². The second-order valence-corrected chi connectivity index (χ2v) is 8.11. The maximum Gasteiger partial charge on any atom is 0.136 e. The highest BCUT2D eigenvalue weighted by Crippen LogP contribution is 2.26. The van der Waals surface area contributed by atoms with Crippen molar-refractivity contribution < 1.29 is 5.11 Å². The molecule has 1 aromatic carbocycles. The summed E-state index contributed by atoms with van der Waals surface area (Å²) in [6.07, 6.45) is 1.45. The van der Waals surface area contributed by atoms with Crippen LogP contribution in [0.2, 0.25) is 0 Å². The number of benzene rings is 1. The summed E-state index contributed by atoms with van der Waals surface area (Å²) in [6, 6.07) is 6.65. The Labute approximate surface area is 169 Å². The van der Waals surface area contributed by atoms with Crippen LogP contribution in [0.25, 0.3) is 0 Å². The van der Waals surface area contributed by atoms with Gasteiger partial charge in [-0.15, -0.1) is 0 Å². The minimum atomic E-state index is -0.227. The Bertz CT molecular complexity index is 812. The zero-order valence-electron chi connectivity index (χ0n) is 18.0. The number of hydrogen-bond donors (Lipinski definition) is 1. The molecule has 1 atom stereocenters. The summed E-state index contributed by atoms with van der Waals surface area (Å²) in [5.41, 5.74) is 6.26. The molecule has 1 saturated heterocycles. The minimum Gasteiger partial charge on any atom is -0.392 e. The van der Waals surface area contributed by atoms with Crippen molar-refractivity contribution in [1.29, 1.82) is 0 Å². The van der Waals surface area contributed by atoms with E-state index in [1.165, 1.54) is 22.3 Å². The van der Waals surface area contributed by atoms with Crippen LogP contribution in [0.1, 0.15) is 47.1 Å². The van der Waals surface area contributed by atoms with E-state index in [1.54, 1.807) is 0 Å². The molecule has 0 bridgehead atoms. The molecule has 2 aromatic rings. The molecule has 1 fully saturated rings. The molecule has 1 aliphatic rings. The molecule has 1 N–H and O–H groups in total. The Hall–Kier alpha value is -1.98. The van der Waals surface area contributed by atoms with E-state index < -0.39 is 0 Å². The lowest BCUT2D eigenvalue weighted by molar-refractivity contribution is 0.106. The van der Waals surface area contributed by atoms with E-state index in [2.05, 4.69) is 53.8 Å². The highest BCUT2D eigenvalue weighted by atomic mass is 16.3. The van der Waals surface area contributed by atoms with Gasteiger partial charge in [-0.25, -0.2) is 9.97 Å². The van der Waals surface area contributed by atoms with Crippen molar-refractivity contribution in [1.82, 2.24) is 14.9 Å². The molecule has 2 heterocycles. The van der Waals surface area contributed by atoms with Gasteiger partial charge in [0.15, 0.2) is 0 Å². The molecule has 0 saturated carbocycles. The monoisotopic (exact) mass is 382 g/mol. The van der Waals surface area contributed by atoms with E-state index in [1.807, 2.05) is 13.8 Å². The second kappa shape index (κ2) is 9.01. The molecule has 0 spiro atoms. The Morgan fingerprint density at radius 1 is 1.04 bits per heavy atom. The number of rotatable bonds is 6. The van der Waals surface area contributed by atoms with Gasteiger partial charge in [-0.05, 0) is 45.2 Å². The average molecular weight is 383 g/mol. The third kappa shape index (κ3) is 4.89. The van der Waals surface area contributed by atoms with Gasteiger partial charge in [0.05, 0.1) is 6.10 Å². The largest absolute Gasteiger partial charge is 0.392 e. The van der Waals surface area contributed by atoms with Gasteiger partial charge in [0, 0.05) is 50.4 Å². The molecule has 0 amide bonds. The van der Waals surface area contributed by atoms with E-state index in [9.17, 15) is 5.11 Å². The zero-order chi connectivity index (χ0) is 20.3. The molecule has 0 aliphatic carbocycles. The van der Waals surface area contributed by atoms with Crippen molar-refractivity contribution in [2.75, 3.05) is 37.6 Å². The summed E-state index contributed by atoms with van der Waals surface area (Å²) in [6.45, 7) is 15.0. The first-order valence-corrected chi connectivity index (χ1v) is 10.4. The number of piperazine rings is 1. The predicted octanol–water partition coefficient (Wildman–Crippen LogP) is 3.19. The number of anilines is 1. The molecule has 0 radical (unpaired) electrons. The number of hydrogen-bond acceptors (Lipinski definition) is 5. The average Bonchev–Trinajstić information content (AvgIpc) is 2.67. The van der Waals surface area contributed by atoms with Crippen LogP contribution in [-0.2, 0) is 6.42 Å². The fraction of sp³-hybridized carbons (Fsp3) is 0.565. The number of aliphatic hydroxyl groups excluding tert-OH is 1. The maximum absolute atomic E-state index is 9.95. The van der Waals surface area contributed by atoms with Crippen LogP contribution >= 0.6 is 0 Å². The van der Waals surface area contributed by atoms with Crippen molar-refractivity contribution in [3.8, 4) is 0 Å². The van der Waals surface area contributed by atoms with Gasteiger partial charge < -0.3 is 10.0 Å². The number of aliphatic hydroxyl groups is 1. The van der Waals surface area contributed by atoms with Crippen molar-refractivity contribution >= 4 is 5.82 Å². The fourth-order valence-corrected chi connectivity index (χ4v) is 3.94. The molecule has 5 nitrogen and oxygen atoms in total. The van der Waals surface area contributed by atoms with Crippen molar-refractivity contribution in [3.05, 3.63) is 52.0 Å². The quantitative estimate of drug-likeness (QED) is 0.831. The van der Waals surface area contributed by atoms with E-state index in [0.717, 1.165) is 62.9 Å². The molecule has 28 heavy (non-hydrogen) atoms. The lowest BCUT2D eigenvalue weighted by atomic mass is 9.97. The number of nitrogens with zero attached hydrogens (tertiary/aromatic N) is 4. The van der Waals surface area contributed by atoms with E-state index in [-0.39, 0.29) is 6.10 Å². The summed E-state index contributed by atoms with van der Waals surface area (Å²) in [5, 5.41) is 9.95. The highest BCUT2D eigenvalue weighted by Gasteiger charge is 2.23. The second-order valence-electron chi connectivity index (χ2n) is 8.11. The first kappa shape index (κ1) is 20.7. The van der Waals surface area contributed by atoms with E-state index in [4.69, 9.17) is 4.98 Å². The molecule has 3 rings (SSSR count). The Morgan fingerprint density at radius 3 is 2.43 bits per heavy atom. The van der Waals surface area contributed by atoms with Crippen LogP contribution in [0, 0.1) is 27.7 Å². The normalized spacial score (nSPS) is 16.4. The Kier molecular flexibility index (Phi) is 6.68. The first-order chi connectivity index (χ1) is 13.4. The third-order valence-electron chi connectivity index (χ3n) is 5.79. The van der Waals surface area contributed by atoms with Gasteiger partial charge in [-0.3, -0.25) is 4.90 Å². The topological polar surface area (TPSA) is 52.5 Å². The molecule has 1 aliphatic heterocycles. The third-order valence-corrected chi connectivity index (χ3v) is 5.79. The molecule has 152 valence electrons. The molecular formula is C23H34N4O. The standard InChI is InChI=1S/C23H34N4O/c1-6-21(28)15-26-9-11-27(12-10-26)23-22(18(4)24-19(5)25-23)14-20-13-16(2)7-8-17(20)3/h7-8,13,21,28H,6,9-12,14-15H2,1-5H3/t21-/m0/s1. The van der Waals surface area contributed by atoms with Gasteiger partial charge >= 0.3 is 0 Å². The summed E-state index contributed by atoms with van der Waals surface area (Å²) >= 11 is 0. The van der Waals surface area contributed by atoms with E-state index >= 15 is 0 Å². The number of aromatic nitrogens is 2. The summed E-state index contributed by atoms with van der Waals surface area (Å²) in [4.78, 5) is 14.3. The van der Waals surface area contributed by atoms with Crippen LogP contribution in [0.4, 0.5) is 5.82 Å². The first-order valence-electron chi connectivity index (χ1n) is 10.4. The predicted molar refractivity (Wildman–Crippen MR) is 115 cm³/mol. The Balaban J connectivity index is 1.83. The lowest BCUT2D eigenvalue weighted by Crippen LogP contribution is -2.49. The summed E-state index contributed by atoms with van der Waals surface area (Å²) in [7, 11) is 0. The SMILES string of the molecule is CC[C@H](O)CN1CCN(c2nc(C)nc(C)c2Cc2cc(C)ccc2C)CC1. The lowest BCUT2D eigenvalue weighted by Gasteiger charge is -2.37. The molecule has 5 heteroatoms.